The fourth-order valence-corrected chi connectivity index (χ4v) is 2.58. The molecule has 0 aliphatic heterocycles. The monoisotopic (exact) mass is 320 g/mol. The Labute approximate surface area is 134 Å². The van der Waals surface area contributed by atoms with Crippen LogP contribution in [-0.2, 0) is 11.2 Å². The third-order valence-corrected chi connectivity index (χ3v) is 3.63. The molecule has 0 fully saturated rings. The predicted octanol–water partition coefficient (Wildman–Crippen LogP) is 3.58. The van der Waals surface area contributed by atoms with Crippen LogP contribution in [-0.4, -0.2) is 28.3 Å². The molecule has 0 radical (unpaired) electrons. The lowest BCUT2D eigenvalue weighted by molar-refractivity contribution is 0.0528. The van der Waals surface area contributed by atoms with Crippen LogP contribution in [0.3, 0.4) is 0 Å². The highest BCUT2D eigenvalue weighted by Crippen LogP contribution is 2.23. The minimum atomic E-state index is -0.489. The third-order valence-electron chi connectivity index (χ3n) is 2.72. The van der Waals surface area contributed by atoms with Gasteiger partial charge < -0.3 is 15.2 Å². The zero-order chi connectivity index (χ0) is 16.2. The summed E-state index contributed by atoms with van der Waals surface area (Å²) >= 11 is 1.55. The number of hydrogen-bond acceptors (Lipinski definition) is 5. The normalized spacial score (nSPS) is 11.2. The first kappa shape index (κ1) is 16.3. The molecule has 22 heavy (non-hydrogen) atoms. The summed E-state index contributed by atoms with van der Waals surface area (Å²) in [6, 6.07) is 6.93. The molecule has 0 saturated heterocycles. The Morgan fingerprint density at radius 3 is 2.64 bits per heavy atom. The van der Waals surface area contributed by atoms with Gasteiger partial charge in [0.15, 0.2) is 0 Å². The van der Waals surface area contributed by atoms with Gasteiger partial charge in [-0.05, 0) is 45.0 Å². The summed E-state index contributed by atoms with van der Waals surface area (Å²) in [4.78, 5) is 16.1. The molecule has 1 amide bonds. The predicted molar refractivity (Wildman–Crippen MR) is 87.2 cm³/mol. The van der Waals surface area contributed by atoms with Crippen molar-refractivity contribution in [1.82, 2.24) is 10.3 Å². The van der Waals surface area contributed by atoms with Crippen LogP contribution in [0, 0.1) is 0 Å². The van der Waals surface area contributed by atoms with Crippen molar-refractivity contribution in [3.8, 4) is 17.0 Å². The smallest absolute Gasteiger partial charge is 0.407 e. The minimum absolute atomic E-state index is 0.237. The molecule has 2 N–H and O–H groups in total. The van der Waals surface area contributed by atoms with E-state index in [-0.39, 0.29) is 5.75 Å². The van der Waals surface area contributed by atoms with Gasteiger partial charge >= 0.3 is 6.09 Å². The Hall–Kier alpha value is -2.08. The van der Waals surface area contributed by atoms with Gasteiger partial charge in [-0.15, -0.1) is 11.3 Å². The van der Waals surface area contributed by atoms with E-state index in [1.54, 1.807) is 23.5 Å². The Morgan fingerprint density at radius 1 is 1.32 bits per heavy atom. The molecule has 0 bridgehead atoms. The number of alkyl carbamates (subject to hydrolysis) is 1. The number of aromatic nitrogens is 1. The van der Waals surface area contributed by atoms with Crippen molar-refractivity contribution >= 4 is 17.4 Å². The number of rotatable bonds is 4. The second-order valence-corrected chi connectivity index (χ2v) is 6.79. The molecular weight excluding hydrogens is 300 g/mol. The zero-order valence-electron chi connectivity index (χ0n) is 12.9. The van der Waals surface area contributed by atoms with Gasteiger partial charge in [0, 0.05) is 23.9 Å². The Morgan fingerprint density at radius 2 is 2.00 bits per heavy atom. The van der Waals surface area contributed by atoms with Crippen molar-refractivity contribution < 1.29 is 14.6 Å². The summed E-state index contributed by atoms with van der Waals surface area (Å²) < 4.78 is 5.17. The zero-order valence-corrected chi connectivity index (χ0v) is 13.7. The minimum Gasteiger partial charge on any atom is -0.508 e. The molecule has 0 unspecified atom stereocenters. The van der Waals surface area contributed by atoms with Gasteiger partial charge in [-0.25, -0.2) is 9.78 Å². The van der Waals surface area contributed by atoms with Crippen LogP contribution in [0.1, 0.15) is 25.8 Å². The van der Waals surface area contributed by atoms with Crippen molar-refractivity contribution in [2.45, 2.75) is 32.8 Å². The van der Waals surface area contributed by atoms with Gasteiger partial charge in [-0.3, -0.25) is 0 Å². The van der Waals surface area contributed by atoms with Gasteiger partial charge in [0.05, 0.1) is 10.7 Å². The molecule has 5 nitrogen and oxygen atoms in total. The van der Waals surface area contributed by atoms with Gasteiger partial charge in [0.25, 0.3) is 0 Å². The van der Waals surface area contributed by atoms with Gasteiger partial charge in [-0.1, -0.05) is 0 Å². The highest BCUT2D eigenvalue weighted by Gasteiger charge is 2.15. The van der Waals surface area contributed by atoms with Gasteiger partial charge in [0.2, 0.25) is 0 Å². The number of amides is 1. The Balaban J connectivity index is 1.85. The van der Waals surface area contributed by atoms with Crippen molar-refractivity contribution in [2.24, 2.45) is 0 Å². The number of ether oxygens (including phenoxy) is 1. The number of carbonyl (C=O) groups is 1. The van der Waals surface area contributed by atoms with Crippen molar-refractivity contribution in [2.75, 3.05) is 6.54 Å². The average molecular weight is 320 g/mol. The lowest BCUT2D eigenvalue weighted by Crippen LogP contribution is -2.33. The lowest BCUT2D eigenvalue weighted by atomic mass is 10.2. The Kier molecular flexibility index (Phi) is 5.03. The van der Waals surface area contributed by atoms with E-state index in [1.807, 2.05) is 38.3 Å². The number of nitrogens with one attached hydrogen (secondary N) is 1. The van der Waals surface area contributed by atoms with E-state index in [0.717, 1.165) is 16.3 Å². The number of phenols is 1. The molecule has 1 heterocycles. The molecule has 0 atom stereocenters. The fourth-order valence-electron chi connectivity index (χ4n) is 1.78. The van der Waals surface area contributed by atoms with E-state index in [4.69, 9.17) is 4.74 Å². The van der Waals surface area contributed by atoms with Crippen LogP contribution in [0.4, 0.5) is 4.79 Å². The number of hydrogen-bond donors (Lipinski definition) is 2. The maximum absolute atomic E-state index is 11.5. The third kappa shape index (κ3) is 5.04. The van der Waals surface area contributed by atoms with E-state index in [2.05, 4.69) is 10.3 Å². The first-order valence-corrected chi connectivity index (χ1v) is 7.92. The maximum atomic E-state index is 11.5. The van der Waals surface area contributed by atoms with E-state index in [0.29, 0.717) is 13.0 Å². The second kappa shape index (κ2) is 6.79. The molecule has 2 aromatic rings. The van der Waals surface area contributed by atoms with Gasteiger partial charge in [-0.2, -0.15) is 0 Å². The molecule has 1 aromatic carbocycles. The quantitative estimate of drug-likeness (QED) is 0.903. The Bertz CT molecular complexity index is 630. The van der Waals surface area contributed by atoms with Crippen LogP contribution in [0.25, 0.3) is 11.3 Å². The first-order chi connectivity index (χ1) is 10.3. The van der Waals surface area contributed by atoms with E-state index >= 15 is 0 Å². The fraction of sp³-hybridized carbons (Fsp3) is 0.375. The van der Waals surface area contributed by atoms with Crippen LogP contribution < -0.4 is 5.32 Å². The van der Waals surface area contributed by atoms with Crippen molar-refractivity contribution in [1.29, 1.82) is 0 Å². The summed E-state index contributed by atoms with van der Waals surface area (Å²) in [5.41, 5.74) is 1.34. The molecule has 118 valence electrons. The molecule has 1 aromatic heterocycles. The highest BCUT2D eigenvalue weighted by atomic mass is 32.1. The molecular formula is C16H20N2O3S. The van der Waals surface area contributed by atoms with E-state index < -0.39 is 11.7 Å². The SMILES string of the molecule is CC(C)(C)OC(=O)NCCc1nc(-c2ccc(O)cc2)cs1. The number of phenolic OH excluding ortho intramolecular Hbond substituents is 1. The number of nitrogens with zero attached hydrogens (tertiary/aromatic N) is 1. The second-order valence-electron chi connectivity index (χ2n) is 5.85. The number of aromatic hydroxyl groups is 1. The van der Waals surface area contributed by atoms with Crippen LogP contribution in [0.15, 0.2) is 29.6 Å². The van der Waals surface area contributed by atoms with Gasteiger partial charge in [0.1, 0.15) is 11.4 Å². The van der Waals surface area contributed by atoms with Crippen molar-refractivity contribution in [3.63, 3.8) is 0 Å². The molecule has 0 aliphatic rings. The summed E-state index contributed by atoms with van der Waals surface area (Å²) in [6.07, 6.45) is 0.241. The van der Waals surface area contributed by atoms with Crippen LogP contribution >= 0.6 is 11.3 Å². The number of benzene rings is 1. The van der Waals surface area contributed by atoms with Crippen molar-refractivity contribution in [3.05, 3.63) is 34.7 Å². The average Bonchev–Trinajstić information content (AvgIpc) is 2.86. The standard InChI is InChI=1S/C16H20N2O3S/c1-16(2,3)21-15(20)17-9-8-14-18-13(10-22-14)11-4-6-12(19)7-5-11/h4-7,10,19H,8-9H2,1-3H3,(H,17,20). The topological polar surface area (TPSA) is 71.5 Å². The molecule has 2 rings (SSSR count). The number of carbonyl (C=O) groups excluding carboxylic acids is 1. The summed E-state index contributed by atoms with van der Waals surface area (Å²) in [6.45, 7) is 5.98. The lowest BCUT2D eigenvalue weighted by Gasteiger charge is -2.19. The van der Waals surface area contributed by atoms with E-state index in [9.17, 15) is 9.90 Å². The summed E-state index contributed by atoms with van der Waals surface area (Å²) in [5.74, 6) is 0.237. The highest BCUT2D eigenvalue weighted by molar-refractivity contribution is 7.09. The largest absolute Gasteiger partial charge is 0.508 e. The summed E-state index contributed by atoms with van der Waals surface area (Å²) in [5, 5.41) is 14.9. The van der Waals surface area contributed by atoms with Crippen LogP contribution in [0.5, 0.6) is 5.75 Å². The summed E-state index contributed by atoms with van der Waals surface area (Å²) in [7, 11) is 0. The molecule has 0 spiro atoms. The van der Waals surface area contributed by atoms with E-state index in [1.165, 1.54) is 0 Å². The van der Waals surface area contributed by atoms with Crippen LogP contribution in [0.2, 0.25) is 0 Å². The maximum Gasteiger partial charge on any atom is 0.407 e. The molecule has 0 saturated carbocycles. The molecule has 6 heteroatoms. The number of thiazole rings is 1. The first-order valence-electron chi connectivity index (χ1n) is 7.04. The molecule has 0 aliphatic carbocycles.